The number of hydrogen-bond acceptors (Lipinski definition) is 5. The molecule has 1 N–H and O–H groups in total. The van der Waals surface area contributed by atoms with E-state index in [9.17, 15) is 4.79 Å². The Morgan fingerprint density at radius 2 is 1.96 bits per heavy atom. The van der Waals surface area contributed by atoms with Crippen LogP contribution in [0.15, 0.2) is 24.3 Å². The summed E-state index contributed by atoms with van der Waals surface area (Å²) < 4.78 is 5.16. The first-order valence-corrected chi connectivity index (χ1v) is 9.95. The van der Waals surface area contributed by atoms with Gasteiger partial charge in [-0.05, 0) is 37.1 Å². The molecule has 2 aliphatic rings. The Labute approximate surface area is 148 Å². The summed E-state index contributed by atoms with van der Waals surface area (Å²) in [4.78, 5) is 16.5. The second-order valence-electron chi connectivity index (χ2n) is 6.36. The van der Waals surface area contributed by atoms with Crippen LogP contribution in [0.4, 0.5) is 4.79 Å². The molecule has 2 saturated heterocycles. The van der Waals surface area contributed by atoms with E-state index in [-0.39, 0.29) is 0 Å². The molecule has 2 heterocycles. The fraction of sp³-hybridized carbons (Fsp3) is 0.611. The van der Waals surface area contributed by atoms with Crippen molar-refractivity contribution in [3.63, 3.8) is 0 Å². The molecule has 1 atom stereocenters. The van der Waals surface area contributed by atoms with Crippen LogP contribution < -0.4 is 10.1 Å². The summed E-state index contributed by atoms with van der Waals surface area (Å²) in [6.07, 6.45) is 2.05. The normalized spacial score (nSPS) is 22.5. The number of benzene rings is 1. The lowest BCUT2D eigenvalue weighted by Crippen LogP contribution is -2.39. The number of nitrogens with one attached hydrogen (secondary N) is 1. The maximum Gasteiger partial charge on any atom is 0.412 e. The van der Waals surface area contributed by atoms with Crippen LogP contribution in [0.5, 0.6) is 5.75 Å². The van der Waals surface area contributed by atoms with Crippen molar-refractivity contribution in [2.24, 2.45) is 0 Å². The average Bonchev–Trinajstić information content (AvgIpc) is 3.10. The third kappa shape index (κ3) is 4.65. The zero-order chi connectivity index (χ0) is 16.8. The van der Waals surface area contributed by atoms with Gasteiger partial charge < -0.3 is 15.0 Å². The quantitative estimate of drug-likeness (QED) is 0.885. The molecule has 3 rings (SSSR count). The fourth-order valence-electron chi connectivity index (χ4n) is 3.48. The lowest BCUT2D eigenvalue weighted by Gasteiger charge is -2.30. The summed E-state index contributed by atoms with van der Waals surface area (Å²) in [5, 5.41) is 2.46. The Hall–Kier alpha value is -1.24. The third-order valence-electron chi connectivity index (χ3n) is 4.85. The van der Waals surface area contributed by atoms with Crippen molar-refractivity contribution in [1.29, 1.82) is 0 Å². The Morgan fingerprint density at radius 1 is 1.21 bits per heavy atom. The van der Waals surface area contributed by atoms with Gasteiger partial charge in [0.1, 0.15) is 5.75 Å². The van der Waals surface area contributed by atoms with Crippen molar-refractivity contribution in [2.45, 2.75) is 18.9 Å². The minimum atomic E-state index is -0.426. The molecule has 1 amide bonds. The van der Waals surface area contributed by atoms with Gasteiger partial charge in [0, 0.05) is 50.8 Å². The third-order valence-corrected chi connectivity index (χ3v) is 5.79. The highest BCUT2D eigenvalue weighted by molar-refractivity contribution is 7.99. The Balaban J connectivity index is 1.55. The first kappa shape index (κ1) is 17.6. The number of carbonyl (C=O) groups excluding carboxylic acids is 1. The van der Waals surface area contributed by atoms with E-state index in [4.69, 9.17) is 4.74 Å². The van der Waals surface area contributed by atoms with Crippen LogP contribution in [-0.2, 0) is 0 Å². The zero-order valence-corrected chi connectivity index (χ0v) is 15.2. The van der Waals surface area contributed by atoms with Crippen LogP contribution in [-0.4, -0.2) is 67.2 Å². The van der Waals surface area contributed by atoms with Crippen molar-refractivity contribution >= 4 is 17.9 Å². The predicted molar refractivity (Wildman–Crippen MR) is 98.8 cm³/mol. The molecule has 0 radical (unpaired) electrons. The molecule has 5 nitrogen and oxygen atoms in total. The van der Waals surface area contributed by atoms with Crippen molar-refractivity contribution in [3.8, 4) is 5.75 Å². The standard InChI is InChI=1S/C18H27N3O2S/c1-19-18(22)23-16-6-4-15(5-7-16)17-3-2-8-21(17)10-9-20-11-13-24-14-12-20/h4-7,17H,2-3,8-14H2,1H3,(H,19,22). The Morgan fingerprint density at radius 3 is 2.67 bits per heavy atom. The highest BCUT2D eigenvalue weighted by Crippen LogP contribution is 2.32. The van der Waals surface area contributed by atoms with Gasteiger partial charge in [-0.1, -0.05) is 12.1 Å². The summed E-state index contributed by atoms with van der Waals surface area (Å²) in [7, 11) is 1.56. The topological polar surface area (TPSA) is 44.8 Å². The lowest BCUT2D eigenvalue weighted by molar-refractivity contribution is 0.201. The number of thioether (sulfide) groups is 1. The molecule has 0 bridgehead atoms. The van der Waals surface area contributed by atoms with Gasteiger partial charge in [0.05, 0.1) is 0 Å². The molecular weight excluding hydrogens is 322 g/mol. The molecule has 2 fully saturated rings. The number of carbonyl (C=O) groups is 1. The van der Waals surface area contributed by atoms with Crippen LogP contribution in [0.25, 0.3) is 0 Å². The van der Waals surface area contributed by atoms with E-state index in [0.29, 0.717) is 11.8 Å². The molecule has 0 saturated carbocycles. The molecule has 1 aromatic rings. The first-order valence-electron chi connectivity index (χ1n) is 8.80. The number of amides is 1. The number of likely N-dealkylation sites (tertiary alicyclic amines) is 1. The maximum atomic E-state index is 11.3. The summed E-state index contributed by atoms with van der Waals surface area (Å²) in [6, 6.07) is 8.47. The van der Waals surface area contributed by atoms with E-state index in [1.807, 2.05) is 12.1 Å². The van der Waals surface area contributed by atoms with Gasteiger partial charge in [-0.3, -0.25) is 4.90 Å². The van der Waals surface area contributed by atoms with E-state index in [0.717, 1.165) is 6.54 Å². The van der Waals surface area contributed by atoms with E-state index in [1.54, 1.807) is 7.05 Å². The smallest absolute Gasteiger partial charge is 0.410 e. The van der Waals surface area contributed by atoms with Crippen LogP contribution in [0.3, 0.4) is 0 Å². The lowest BCUT2D eigenvalue weighted by atomic mass is 10.0. The molecule has 6 heteroatoms. The molecule has 2 aliphatic heterocycles. The van der Waals surface area contributed by atoms with Gasteiger partial charge in [0.2, 0.25) is 0 Å². The molecule has 0 spiro atoms. The monoisotopic (exact) mass is 349 g/mol. The second-order valence-corrected chi connectivity index (χ2v) is 7.58. The molecule has 0 aliphatic carbocycles. The number of rotatable bonds is 5. The fourth-order valence-corrected chi connectivity index (χ4v) is 4.46. The average molecular weight is 350 g/mol. The highest BCUT2D eigenvalue weighted by atomic mass is 32.2. The summed E-state index contributed by atoms with van der Waals surface area (Å²) in [5.41, 5.74) is 1.32. The number of hydrogen-bond donors (Lipinski definition) is 1. The molecule has 24 heavy (non-hydrogen) atoms. The minimum Gasteiger partial charge on any atom is -0.410 e. The van der Waals surface area contributed by atoms with Crippen LogP contribution in [0.2, 0.25) is 0 Å². The van der Waals surface area contributed by atoms with E-state index in [1.165, 1.54) is 56.1 Å². The predicted octanol–water partition coefficient (Wildman–Crippen LogP) is 2.59. The van der Waals surface area contributed by atoms with Gasteiger partial charge in [0.25, 0.3) is 0 Å². The molecule has 1 unspecified atom stereocenters. The largest absolute Gasteiger partial charge is 0.412 e. The van der Waals surface area contributed by atoms with Gasteiger partial charge >= 0.3 is 6.09 Å². The zero-order valence-electron chi connectivity index (χ0n) is 14.4. The van der Waals surface area contributed by atoms with Gasteiger partial charge in [0.15, 0.2) is 0 Å². The number of ether oxygens (including phenoxy) is 1. The van der Waals surface area contributed by atoms with Crippen LogP contribution in [0, 0.1) is 0 Å². The first-order chi connectivity index (χ1) is 11.8. The van der Waals surface area contributed by atoms with Crippen molar-refractivity contribution in [2.75, 3.05) is 51.3 Å². The Bertz CT molecular complexity index is 532. The van der Waals surface area contributed by atoms with Gasteiger partial charge in [-0.25, -0.2) is 4.79 Å². The second kappa shape index (κ2) is 8.74. The summed E-state index contributed by atoms with van der Waals surface area (Å²) in [6.45, 7) is 5.97. The van der Waals surface area contributed by atoms with Gasteiger partial charge in [-0.2, -0.15) is 11.8 Å². The van der Waals surface area contributed by atoms with Crippen molar-refractivity contribution in [3.05, 3.63) is 29.8 Å². The van der Waals surface area contributed by atoms with E-state index >= 15 is 0 Å². The molecule has 0 aromatic heterocycles. The van der Waals surface area contributed by atoms with Gasteiger partial charge in [-0.15, -0.1) is 0 Å². The van der Waals surface area contributed by atoms with Crippen LogP contribution in [0.1, 0.15) is 24.4 Å². The summed E-state index contributed by atoms with van der Waals surface area (Å²) >= 11 is 2.07. The molecule has 1 aromatic carbocycles. The van der Waals surface area contributed by atoms with E-state index in [2.05, 4.69) is 39.0 Å². The summed E-state index contributed by atoms with van der Waals surface area (Å²) in [5.74, 6) is 3.14. The Kier molecular flexibility index (Phi) is 6.40. The molecular formula is C18H27N3O2S. The van der Waals surface area contributed by atoms with Crippen molar-refractivity contribution in [1.82, 2.24) is 15.1 Å². The van der Waals surface area contributed by atoms with Crippen LogP contribution >= 0.6 is 11.8 Å². The highest BCUT2D eigenvalue weighted by Gasteiger charge is 2.26. The van der Waals surface area contributed by atoms with E-state index < -0.39 is 6.09 Å². The number of nitrogens with zero attached hydrogens (tertiary/aromatic N) is 2. The minimum absolute atomic E-state index is 0.426. The SMILES string of the molecule is CNC(=O)Oc1ccc(C2CCCN2CCN2CCSCC2)cc1. The molecule has 132 valence electrons. The van der Waals surface area contributed by atoms with Crippen molar-refractivity contribution < 1.29 is 9.53 Å². The maximum absolute atomic E-state index is 11.3.